The van der Waals surface area contributed by atoms with E-state index in [-0.39, 0.29) is 24.0 Å². The molecule has 1 heterocycles. The number of carbonyl (C=O) groups excluding carboxylic acids is 1. The smallest absolute Gasteiger partial charge is 0.312 e. The Morgan fingerprint density at radius 3 is 2.37 bits per heavy atom. The average molecular weight is 507 g/mol. The van der Waals surface area contributed by atoms with Crippen LogP contribution in [0.25, 0.3) is 0 Å². The van der Waals surface area contributed by atoms with Crippen LogP contribution in [0.4, 0.5) is 17.1 Å². The Morgan fingerprint density at radius 2 is 1.77 bits per heavy atom. The van der Waals surface area contributed by atoms with Gasteiger partial charge in [0.25, 0.3) is 0 Å². The SMILES string of the molecule is CS(=O)(=O)Nc1cc([C@H](O)CNC2CCN(c3ccc(NC(=O)CC(=O)O)cc3)CC2)ccc1O. The molecule has 12 heteroatoms. The third-order valence-corrected chi connectivity index (χ3v) is 6.21. The van der Waals surface area contributed by atoms with Crippen molar-refractivity contribution in [2.45, 2.75) is 31.4 Å². The molecule has 0 saturated carbocycles. The van der Waals surface area contributed by atoms with Crippen LogP contribution in [0, 0.1) is 0 Å². The maximum Gasteiger partial charge on any atom is 0.312 e. The minimum atomic E-state index is -3.56. The highest BCUT2D eigenvalue weighted by molar-refractivity contribution is 7.92. The maximum absolute atomic E-state index is 11.6. The molecule has 3 rings (SSSR count). The first-order valence-corrected chi connectivity index (χ1v) is 13.0. The van der Waals surface area contributed by atoms with Gasteiger partial charge in [-0.15, -0.1) is 0 Å². The summed E-state index contributed by atoms with van der Waals surface area (Å²) in [7, 11) is -3.56. The van der Waals surface area contributed by atoms with Gasteiger partial charge in [0.15, 0.2) is 0 Å². The normalized spacial score (nSPS) is 15.4. The molecule has 11 nitrogen and oxygen atoms in total. The van der Waals surface area contributed by atoms with E-state index in [1.54, 1.807) is 18.2 Å². The van der Waals surface area contributed by atoms with E-state index in [0.717, 1.165) is 37.9 Å². The molecule has 1 saturated heterocycles. The number of hydrogen-bond donors (Lipinski definition) is 6. The Hall–Kier alpha value is -3.35. The molecule has 1 aliphatic rings. The molecule has 0 radical (unpaired) electrons. The Kier molecular flexibility index (Phi) is 8.54. The second kappa shape index (κ2) is 11.4. The largest absolute Gasteiger partial charge is 0.506 e. The fraction of sp³-hybridized carbons (Fsp3) is 0.391. The van der Waals surface area contributed by atoms with Crippen LogP contribution in [0.1, 0.15) is 30.9 Å². The van der Waals surface area contributed by atoms with Gasteiger partial charge in [-0.1, -0.05) is 6.07 Å². The zero-order valence-corrected chi connectivity index (χ0v) is 20.1. The van der Waals surface area contributed by atoms with Crippen molar-refractivity contribution in [1.82, 2.24) is 5.32 Å². The molecule has 190 valence electrons. The van der Waals surface area contributed by atoms with Gasteiger partial charge in [0, 0.05) is 37.1 Å². The summed E-state index contributed by atoms with van der Waals surface area (Å²) >= 11 is 0. The van der Waals surface area contributed by atoms with Crippen molar-refractivity contribution < 1.29 is 33.3 Å². The molecule has 35 heavy (non-hydrogen) atoms. The van der Waals surface area contributed by atoms with Gasteiger partial charge in [0.1, 0.15) is 12.2 Å². The number of carboxylic acid groups (broad SMARTS) is 1. The van der Waals surface area contributed by atoms with E-state index in [1.165, 1.54) is 12.1 Å². The third-order valence-electron chi connectivity index (χ3n) is 5.62. The number of nitrogens with one attached hydrogen (secondary N) is 3. The van der Waals surface area contributed by atoms with Gasteiger partial charge in [-0.2, -0.15) is 0 Å². The number of aliphatic carboxylic acids is 1. The lowest BCUT2D eigenvalue weighted by Crippen LogP contribution is -2.43. The summed E-state index contributed by atoms with van der Waals surface area (Å²) in [5, 5.41) is 34.9. The number of sulfonamides is 1. The van der Waals surface area contributed by atoms with Gasteiger partial charge >= 0.3 is 5.97 Å². The summed E-state index contributed by atoms with van der Waals surface area (Å²) in [4.78, 5) is 24.4. The number of aromatic hydroxyl groups is 1. The van der Waals surface area contributed by atoms with Crippen molar-refractivity contribution in [1.29, 1.82) is 0 Å². The molecule has 1 aliphatic heterocycles. The van der Waals surface area contributed by atoms with Crippen molar-refractivity contribution in [2.75, 3.05) is 40.8 Å². The van der Waals surface area contributed by atoms with Crippen molar-refractivity contribution in [2.24, 2.45) is 0 Å². The van der Waals surface area contributed by atoms with Crippen LogP contribution in [-0.2, 0) is 19.6 Å². The zero-order chi connectivity index (χ0) is 25.6. The molecular weight excluding hydrogens is 476 g/mol. The van der Waals surface area contributed by atoms with Crippen molar-refractivity contribution in [3.8, 4) is 5.75 Å². The molecule has 0 aliphatic carbocycles. The third kappa shape index (κ3) is 8.12. The summed E-state index contributed by atoms with van der Waals surface area (Å²) in [5.41, 5.74) is 2.03. The molecular formula is C23H30N4O7S. The first-order chi connectivity index (χ1) is 16.5. The second-order valence-electron chi connectivity index (χ2n) is 8.50. The van der Waals surface area contributed by atoms with Gasteiger partial charge in [0.2, 0.25) is 15.9 Å². The van der Waals surface area contributed by atoms with Crippen LogP contribution in [0.5, 0.6) is 5.75 Å². The van der Waals surface area contributed by atoms with E-state index in [2.05, 4.69) is 20.3 Å². The number of carboxylic acids is 1. The number of anilines is 3. The van der Waals surface area contributed by atoms with Gasteiger partial charge in [-0.3, -0.25) is 14.3 Å². The van der Waals surface area contributed by atoms with E-state index < -0.39 is 34.4 Å². The Labute approximate surface area is 203 Å². The molecule has 1 amide bonds. The van der Waals surface area contributed by atoms with Crippen LogP contribution < -0.4 is 20.3 Å². The molecule has 1 atom stereocenters. The molecule has 2 aromatic carbocycles. The lowest BCUT2D eigenvalue weighted by atomic mass is 10.0. The standard InChI is InChI=1S/C23H30N4O7S/c1-35(33,34)26-19-12-15(2-7-20(19)28)21(29)14-24-16-8-10-27(11-9-16)18-5-3-17(4-6-18)25-22(30)13-23(31)32/h2-7,12,16,21,24,26,28-29H,8-11,13-14H2,1H3,(H,25,30)(H,31,32)/t21-/m1/s1. The lowest BCUT2D eigenvalue weighted by molar-refractivity contribution is -0.139. The number of aliphatic hydroxyl groups excluding tert-OH is 1. The van der Waals surface area contributed by atoms with Crippen LogP contribution in [0.15, 0.2) is 42.5 Å². The summed E-state index contributed by atoms with van der Waals surface area (Å²) < 4.78 is 25.1. The van der Waals surface area contributed by atoms with E-state index in [4.69, 9.17) is 5.11 Å². The quantitative estimate of drug-likeness (QED) is 0.206. The molecule has 0 spiro atoms. The lowest BCUT2D eigenvalue weighted by Gasteiger charge is -2.34. The van der Waals surface area contributed by atoms with Crippen LogP contribution in [0.3, 0.4) is 0 Å². The number of nitrogens with zero attached hydrogens (tertiary/aromatic N) is 1. The van der Waals surface area contributed by atoms with Crippen molar-refractivity contribution in [3.63, 3.8) is 0 Å². The van der Waals surface area contributed by atoms with E-state index in [1.807, 2.05) is 12.1 Å². The average Bonchev–Trinajstić information content (AvgIpc) is 2.78. The first-order valence-electron chi connectivity index (χ1n) is 11.1. The molecule has 6 N–H and O–H groups in total. The highest BCUT2D eigenvalue weighted by Crippen LogP contribution is 2.28. The monoisotopic (exact) mass is 506 g/mol. The second-order valence-corrected chi connectivity index (χ2v) is 10.3. The van der Waals surface area contributed by atoms with E-state index in [0.29, 0.717) is 11.3 Å². The Bertz CT molecular complexity index is 1150. The Morgan fingerprint density at radius 1 is 1.11 bits per heavy atom. The fourth-order valence-electron chi connectivity index (χ4n) is 3.88. The van der Waals surface area contributed by atoms with Crippen LogP contribution >= 0.6 is 0 Å². The first kappa shape index (κ1) is 26.3. The molecule has 0 aromatic heterocycles. The number of carbonyl (C=O) groups is 2. The molecule has 0 unspecified atom stereocenters. The fourth-order valence-corrected chi connectivity index (χ4v) is 4.44. The summed E-state index contributed by atoms with van der Waals surface area (Å²) in [6, 6.07) is 11.7. The van der Waals surface area contributed by atoms with Gasteiger partial charge < -0.3 is 30.9 Å². The molecule has 2 aromatic rings. The van der Waals surface area contributed by atoms with Crippen molar-refractivity contribution in [3.05, 3.63) is 48.0 Å². The topological polar surface area (TPSA) is 168 Å². The number of rotatable bonds is 10. The van der Waals surface area contributed by atoms with E-state index in [9.17, 15) is 28.2 Å². The van der Waals surface area contributed by atoms with Crippen LogP contribution in [0.2, 0.25) is 0 Å². The van der Waals surface area contributed by atoms with Crippen molar-refractivity contribution >= 4 is 39.0 Å². The van der Waals surface area contributed by atoms with E-state index >= 15 is 0 Å². The number of phenolic OH excluding ortho intramolecular Hbond substituents is 1. The molecule has 1 fully saturated rings. The van der Waals surface area contributed by atoms with Gasteiger partial charge in [-0.05, 0) is 54.8 Å². The zero-order valence-electron chi connectivity index (χ0n) is 19.3. The predicted molar refractivity (Wildman–Crippen MR) is 132 cm³/mol. The van der Waals surface area contributed by atoms with Gasteiger partial charge in [-0.25, -0.2) is 8.42 Å². The number of hydrogen-bond acceptors (Lipinski definition) is 8. The van der Waals surface area contributed by atoms with Gasteiger partial charge in [0.05, 0.1) is 18.0 Å². The minimum absolute atomic E-state index is 0.0184. The Balaban J connectivity index is 1.47. The highest BCUT2D eigenvalue weighted by atomic mass is 32.2. The maximum atomic E-state index is 11.6. The predicted octanol–water partition coefficient (Wildman–Crippen LogP) is 1.47. The summed E-state index contributed by atoms with van der Waals surface area (Å²) in [6.45, 7) is 1.86. The number of amides is 1. The molecule has 0 bridgehead atoms. The number of aliphatic hydroxyl groups is 1. The number of piperidine rings is 1. The van der Waals surface area contributed by atoms with Crippen LogP contribution in [-0.4, -0.2) is 67.5 Å². The minimum Gasteiger partial charge on any atom is -0.506 e. The number of benzene rings is 2. The summed E-state index contributed by atoms with van der Waals surface area (Å²) in [6.07, 6.45) is 1.22. The number of phenols is 1. The highest BCUT2D eigenvalue weighted by Gasteiger charge is 2.21. The summed E-state index contributed by atoms with van der Waals surface area (Å²) in [5.74, 6) is -1.98.